The lowest BCUT2D eigenvalue weighted by Gasteiger charge is -2.28. The van der Waals surface area contributed by atoms with Crippen LogP contribution in [-0.2, 0) is 10.8 Å². The van der Waals surface area contributed by atoms with E-state index in [9.17, 15) is 10.4 Å². The lowest BCUT2D eigenvalue weighted by atomic mass is 9.78. The van der Waals surface area contributed by atoms with Gasteiger partial charge in [0.25, 0.3) is 0 Å². The summed E-state index contributed by atoms with van der Waals surface area (Å²) < 4.78 is 0. The van der Waals surface area contributed by atoms with Crippen LogP contribution in [-0.4, -0.2) is 10.1 Å². The van der Waals surface area contributed by atoms with E-state index in [1.165, 1.54) is 0 Å². The maximum absolute atomic E-state index is 10.8. The normalized spacial score (nSPS) is 12.8. The zero-order valence-corrected chi connectivity index (χ0v) is 15.9. The second-order valence-electron chi connectivity index (χ2n) is 8.35. The van der Waals surface area contributed by atoms with Crippen molar-refractivity contribution < 1.29 is 5.11 Å². The van der Waals surface area contributed by atoms with E-state index in [4.69, 9.17) is 0 Å². The van der Waals surface area contributed by atoms with Crippen molar-refractivity contribution in [2.75, 3.05) is 0 Å². The Balaban J connectivity index is 2.70. The lowest BCUT2D eigenvalue weighted by molar-refractivity contribution is 0.423. The van der Waals surface area contributed by atoms with Crippen LogP contribution < -0.4 is 0 Å². The second kappa shape index (κ2) is 6.72. The average Bonchev–Trinajstić information content (AvgIpc) is 2.52. The molecule has 130 valence electrons. The Bertz CT molecular complexity index is 794. The number of benzene rings is 1. The molecule has 0 spiro atoms. The van der Waals surface area contributed by atoms with Gasteiger partial charge in [-0.25, -0.2) is 0 Å². The van der Waals surface area contributed by atoms with Crippen molar-refractivity contribution in [3.05, 3.63) is 58.9 Å². The van der Waals surface area contributed by atoms with Crippen LogP contribution in [0.2, 0.25) is 0 Å². The minimum Gasteiger partial charge on any atom is -0.507 e. The topological polar surface area (TPSA) is 56.9 Å². The molecule has 0 saturated heterocycles. The van der Waals surface area contributed by atoms with Crippen molar-refractivity contribution in [1.82, 2.24) is 4.98 Å². The monoisotopic (exact) mass is 334 g/mol. The standard InChI is InChI=1S/C22H26N2O/c1-21(2,3)17-12-15(13-18(20(17)25)22(4,5)6)11-16(14-23)19-9-7-8-10-24-19/h7-13,25H,1-6H3/b16-11-. The fourth-order valence-electron chi connectivity index (χ4n) is 2.74. The average molecular weight is 334 g/mol. The van der Waals surface area contributed by atoms with Crippen molar-refractivity contribution in [1.29, 1.82) is 5.26 Å². The van der Waals surface area contributed by atoms with Crippen LogP contribution in [0, 0.1) is 11.3 Å². The number of pyridine rings is 1. The highest BCUT2D eigenvalue weighted by atomic mass is 16.3. The zero-order valence-electron chi connectivity index (χ0n) is 15.9. The lowest BCUT2D eigenvalue weighted by Crippen LogP contribution is -2.17. The first-order chi connectivity index (χ1) is 11.5. The molecule has 0 aliphatic heterocycles. The number of hydrogen-bond donors (Lipinski definition) is 1. The van der Waals surface area contributed by atoms with Gasteiger partial charge in [0, 0.05) is 17.3 Å². The van der Waals surface area contributed by atoms with Crippen LogP contribution in [0.3, 0.4) is 0 Å². The fraction of sp³-hybridized carbons (Fsp3) is 0.364. The Morgan fingerprint density at radius 2 is 1.60 bits per heavy atom. The van der Waals surface area contributed by atoms with Gasteiger partial charge in [0.1, 0.15) is 11.8 Å². The Kier molecular flexibility index (Phi) is 5.04. The smallest absolute Gasteiger partial charge is 0.123 e. The number of nitriles is 1. The molecule has 0 bridgehead atoms. The highest BCUT2D eigenvalue weighted by Crippen LogP contribution is 2.40. The highest BCUT2D eigenvalue weighted by Gasteiger charge is 2.26. The molecule has 1 aromatic carbocycles. The third-order valence-electron chi connectivity index (χ3n) is 4.12. The number of nitrogens with zero attached hydrogens (tertiary/aromatic N) is 2. The van der Waals surface area contributed by atoms with Gasteiger partial charge in [-0.1, -0.05) is 47.6 Å². The van der Waals surface area contributed by atoms with Gasteiger partial charge in [-0.2, -0.15) is 5.26 Å². The summed E-state index contributed by atoms with van der Waals surface area (Å²) in [6, 6.07) is 11.7. The molecule has 0 aliphatic carbocycles. The van der Waals surface area contributed by atoms with Crippen molar-refractivity contribution in [3.63, 3.8) is 0 Å². The van der Waals surface area contributed by atoms with Gasteiger partial charge in [-0.05, 0) is 46.7 Å². The minimum atomic E-state index is -0.203. The van der Waals surface area contributed by atoms with Crippen LogP contribution in [0.4, 0.5) is 0 Å². The van der Waals surface area contributed by atoms with Crippen molar-refractivity contribution in [2.45, 2.75) is 52.4 Å². The summed E-state index contributed by atoms with van der Waals surface area (Å²) >= 11 is 0. The summed E-state index contributed by atoms with van der Waals surface area (Å²) in [7, 11) is 0. The number of rotatable bonds is 2. The van der Waals surface area contributed by atoms with Gasteiger partial charge in [0.15, 0.2) is 0 Å². The Hall–Kier alpha value is -2.60. The summed E-state index contributed by atoms with van der Waals surface area (Å²) in [6.07, 6.45) is 3.52. The second-order valence-corrected chi connectivity index (χ2v) is 8.35. The summed E-state index contributed by atoms with van der Waals surface area (Å²) in [5.41, 5.74) is 3.40. The summed E-state index contributed by atoms with van der Waals surface area (Å²) in [5, 5.41) is 20.3. The van der Waals surface area contributed by atoms with Crippen molar-refractivity contribution in [2.24, 2.45) is 0 Å². The van der Waals surface area contributed by atoms with E-state index in [1.54, 1.807) is 6.20 Å². The van der Waals surface area contributed by atoms with E-state index in [1.807, 2.05) is 36.4 Å². The van der Waals surface area contributed by atoms with Crippen LogP contribution in [0.1, 0.15) is 63.9 Å². The Morgan fingerprint density at radius 3 is 2.00 bits per heavy atom. The van der Waals surface area contributed by atoms with Crippen molar-refractivity contribution in [3.8, 4) is 11.8 Å². The Morgan fingerprint density at radius 1 is 1.04 bits per heavy atom. The van der Waals surface area contributed by atoms with Crippen molar-refractivity contribution >= 4 is 11.6 Å². The largest absolute Gasteiger partial charge is 0.507 e. The molecule has 0 atom stereocenters. The molecular formula is C22H26N2O. The SMILES string of the molecule is CC(C)(C)c1cc(/C=C(/C#N)c2ccccn2)cc(C(C)(C)C)c1O. The zero-order chi connectivity index (χ0) is 18.8. The van der Waals surface area contributed by atoms with Gasteiger partial charge in [0.05, 0.1) is 11.3 Å². The molecule has 2 aromatic rings. The van der Waals surface area contributed by atoms with Gasteiger partial charge in [-0.3, -0.25) is 4.98 Å². The van der Waals surface area contributed by atoms with E-state index < -0.39 is 0 Å². The highest BCUT2D eigenvalue weighted by molar-refractivity contribution is 5.88. The first-order valence-corrected chi connectivity index (χ1v) is 8.45. The van der Waals surface area contributed by atoms with Gasteiger partial charge < -0.3 is 5.11 Å². The third-order valence-corrected chi connectivity index (χ3v) is 4.12. The molecule has 0 saturated carbocycles. The number of aromatic nitrogens is 1. The molecule has 0 fully saturated rings. The van der Waals surface area contributed by atoms with Gasteiger partial charge in [-0.15, -0.1) is 0 Å². The van der Waals surface area contributed by atoms with E-state index in [0.717, 1.165) is 16.7 Å². The number of allylic oxidation sites excluding steroid dienone is 1. The molecule has 0 aliphatic rings. The minimum absolute atomic E-state index is 0.203. The first kappa shape index (κ1) is 18.7. The van der Waals surface area contributed by atoms with E-state index >= 15 is 0 Å². The number of hydrogen-bond acceptors (Lipinski definition) is 3. The molecule has 1 N–H and O–H groups in total. The first-order valence-electron chi connectivity index (χ1n) is 8.45. The number of phenolic OH excluding ortho intramolecular Hbond substituents is 1. The molecule has 3 heteroatoms. The fourth-order valence-corrected chi connectivity index (χ4v) is 2.74. The molecule has 0 amide bonds. The summed E-state index contributed by atoms with van der Waals surface area (Å²) in [5.74, 6) is 0.341. The maximum Gasteiger partial charge on any atom is 0.123 e. The molecule has 0 radical (unpaired) electrons. The van der Waals surface area contributed by atoms with E-state index in [0.29, 0.717) is 17.0 Å². The molecule has 2 rings (SSSR count). The summed E-state index contributed by atoms with van der Waals surface area (Å²) in [4.78, 5) is 4.27. The third kappa shape index (κ3) is 4.28. The van der Waals surface area contributed by atoms with Crippen LogP contribution >= 0.6 is 0 Å². The molecule has 1 aromatic heterocycles. The van der Waals surface area contributed by atoms with Crippen LogP contribution in [0.15, 0.2) is 36.5 Å². The number of phenols is 1. The predicted molar refractivity (Wildman–Crippen MR) is 103 cm³/mol. The maximum atomic E-state index is 10.8. The molecule has 1 heterocycles. The van der Waals surface area contributed by atoms with E-state index in [-0.39, 0.29) is 10.8 Å². The van der Waals surface area contributed by atoms with Crippen LogP contribution in [0.5, 0.6) is 5.75 Å². The molecule has 3 nitrogen and oxygen atoms in total. The molecular weight excluding hydrogens is 308 g/mol. The van der Waals surface area contributed by atoms with Crippen LogP contribution in [0.25, 0.3) is 11.6 Å². The predicted octanol–water partition coefficient (Wildman–Crippen LogP) is 5.45. The Labute approximate surface area is 150 Å². The summed E-state index contributed by atoms with van der Waals surface area (Å²) in [6.45, 7) is 12.5. The quantitative estimate of drug-likeness (QED) is 0.743. The van der Waals surface area contributed by atoms with Gasteiger partial charge in [0.2, 0.25) is 0 Å². The molecule has 25 heavy (non-hydrogen) atoms. The van der Waals surface area contributed by atoms with E-state index in [2.05, 4.69) is 52.6 Å². The number of aromatic hydroxyl groups is 1. The molecule has 0 unspecified atom stereocenters. The van der Waals surface area contributed by atoms with Gasteiger partial charge >= 0.3 is 0 Å².